The first-order chi connectivity index (χ1) is 9.45. The number of hydrogen-bond donors (Lipinski definition) is 1. The van der Waals surface area contributed by atoms with E-state index in [-0.39, 0.29) is 11.5 Å². The maximum atomic E-state index is 11.3. The second kappa shape index (κ2) is 5.24. The van der Waals surface area contributed by atoms with Gasteiger partial charge in [-0.1, -0.05) is 0 Å². The topological polar surface area (TPSA) is 98.8 Å². The summed E-state index contributed by atoms with van der Waals surface area (Å²) in [6, 6.07) is 0. The summed E-state index contributed by atoms with van der Waals surface area (Å²) >= 11 is 0. The number of aryl methyl sites for hydroxylation is 2. The van der Waals surface area contributed by atoms with Crippen molar-refractivity contribution >= 4 is 11.6 Å². The van der Waals surface area contributed by atoms with E-state index in [1.54, 1.807) is 11.5 Å². The van der Waals surface area contributed by atoms with Crippen molar-refractivity contribution in [2.75, 3.05) is 11.9 Å². The number of rotatable bonds is 4. The van der Waals surface area contributed by atoms with Gasteiger partial charge in [-0.2, -0.15) is 4.98 Å². The molecule has 0 saturated carbocycles. The van der Waals surface area contributed by atoms with E-state index in [4.69, 9.17) is 0 Å². The zero-order chi connectivity index (χ0) is 14.9. The van der Waals surface area contributed by atoms with Gasteiger partial charge in [0.1, 0.15) is 12.0 Å². The number of nitro groups is 1. The van der Waals surface area contributed by atoms with E-state index >= 15 is 0 Å². The zero-order valence-electron chi connectivity index (χ0n) is 11.8. The Balaban J connectivity index is 2.71. The van der Waals surface area contributed by atoms with E-state index in [0.29, 0.717) is 18.2 Å². The lowest BCUT2D eigenvalue weighted by Gasteiger charge is -2.10. The highest BCUT2D eigenvalue weighted by Gasteiger charge is 2.24. The van der Waals surface area contributed by atoms with Crippen LogP contribution in [0.15, 0.2) is 6.33 Å². The third-order valence-electron chi connectivity index (χ3n) is 3.04. The molecule has 2 heterocycles. The van der Waals surface area contributed by atoms with Gasteiger partial charge in [0.2, 0.25) is 11.8 Å². The van der Waals surface area contributed by atoms with Crippen molar-refractivity contribution < 1.29 is 4.92 Å². The van der Waals surface area contributed by atoms with Crippen LogP contribution in [0.1, 0.15) is 24.0 Å². The Morgan fingerprint density at radius 2 is 2.00 bits per heavy atom. The molecule has 0 unspecified atom stereocenters. The van der Waals surface area contributed by atoms with Crippen LogP contribution in [0.4, 0.5) is 11.6 Å². The summed E-state index contributed by atoms with van der Waals surface area (Å²) in [4.78, 5) is 23.3. The van der Waals surface area contributed by atoms with Crippen LogP contribution in [0.25, 0.3) is 5.82 Å². The summed E-state index contributed by atoms with van der Waals surface area (Å²) < 4.78 is 1.61. The normalized spacial score (nSPS) is 10.6. The van der Waals surface area contributed by atoms with Gasteiger partial charge in [0.05, 0.1) is 10.6 Å². The van der Waals surface area contributed by atoms with Crippen LogP contribution in [0.3, 0.4) is 0 Å². The van der Waals surface area contributed by atoms with Crippen molar-refractivity contribution in [3.63, 3.8) is 0 Å². The van der Waals surface area contributed by atoms with Crippen LogP contribution in [0, 0.1) is 30.9 Å². The Hall–Kier alpha value is -2.51. The van der Waals surface area contributed by atoms with Crippen molar-refractivity contribution in [3.05, 3.63) is 33.5 Å². The number of anilines is 1. The van der Waals surface area contributed by atoms with E-state index in [1.807, 2.05) is 20.8 Å². The fourth-order valence-corrected chi connectivity index (χ4v) is 1.88. The highest BCUT2D eigenvalue weighted by atomic mass is 16.6. The predicted octanol–water partition coefficient (Wildman–Crippen LogP) is 1.93. The maximum absolute atomic E-state index is 11.3. The molecule has 0 radical (unpaired) electrons. The molecule has 0 aliphatic rings. The van der Waals surface area contributed by atoms with Crippen molar-refractivity contribution in [1.82, 2.24) is 19.5 Å². The molecule has 0 saturated heterocycles. The van der Waals surface area contributed by atoms with Gasteiger partial charge in [0.25, 0.3) is 0 Å². The van der Waals surface area contributed by atoms with E-state index in [0.717, 1.165) is 11.4 Å². The molecule has 106 valence electrons. The monoisotopic (exact) mass is 276 g/mol. The molecule has 0 bridgehead atoms. The third kappa shape index (κ3) is 2.31. The molecule has 0 spiro atoms. The summed E-state index contributed by atoms with van der Waals surface area (Å²) in [6.07, 6.45) is 1.54. The number of nitrogens with zero attached hydrogens (tertiary/aromatic N) is 5. The molecule has 0 amide bonds. The quantitative estimate of drug-likeness (QED) is 0.676. The van der Waals surface area contributed by atoms with Gasteiger partial charge in [0.15, 0.2) is 0 Å². The first kappa shape index (κ1) is 13.9. The summed E-state index contributed by atoms with van der Waals surface area (Å²) in [5, 5.41) is 14.2. The van der Waals surface area contributed by atoms with Crippen LogP contribution in [-0.4, -0.2) is 31.0 Å². The minimum atomic E-state index is -0.463. The molecular weight excluding hydrogens is 260 g/mol. The highest BCUT2D eigenvalue weighted by Crippen LogP contribution is 2.26. The van der Waals surface area contributed by atoms with Gasteiger partial charge < -0.3 is 5.32 Å². The molecule has 0 fully saturated rings. The molecule has 0 aliphatic heterocycles. The molecule has 2 aromatic rings. The maximum Gasteiger partial charge on any atom is 0.333 e. The minimum absolute atomic E-state index is 0.104. The van der Waals surface area contributed by atoms with Crippen LogP contribution < -0.4 is 5.32 Å². The Bertz CT molecular complexity index is 664. The largest absolute Gasteiger partial charge is 0.354 e. The molecule has 0 atom stereocenters. The molecule has 2 rings (SSSR count). The van der Waals surface area contributed by atoms with Gasteiger partial charge >= 0.3 is 5.69 Å². The summed E-state index contributed by atoms with van der Waals surface area (Å²) in [5.74, 6) is 0.605. The molecule has 1 N–H and O–H groups in total. The number of imidazole rings is 1. The standard InChI is InChI=1S/C12H16N6O2/c1-5-13-12-15-8(3)10(18(19)20)11(16-12)17-6-14-7(2)9(17)4/h6H,5H2,1-4H3,(H,13,15,16). The third-order valence-corrected chi connectivity index (χ3v) is 3.04. The van der Waals surface area contributed by atoms with Gasteiger partial charge in [-0.25, -0.2) is 9.97 Å². The summed E-state index contributed by atoms with van der Waals surface area (Å²) in [7, 11) is 0. The van der Waals surface area contributed by atoms with Gasteiger partial charge in [-0.15, -0.1) is 0 Å². The zero-order valence-corrected chi connectivity index (χ0v) is 11.8. The second-order valence-corrected chi connectivity index (χ2v) is 4.38. The van der Waals surface area contributed by atoms with Gasteiger partial charge in [-0.05, 0) is 27.7 Å². The average Bonchev–Trinajstić information content (AvgIpc) is 2.69. The summed E-state index contributed by atoms with van der Waals surface area (Å²) in [6.45, 7) is 7.83. The van der Waals surface area contributed by atoms with Crippen LogP contribution in [0.2, 0.25) is 0 Å². The Morgan fingerprint density at radius 3 is 2.50 bits per heavy atom. The van der Waals surface area contributed by atoms with Gasteiger partial charge in [0, 0.05) is 12.2 Å². The molecule has 2 aromatic heterocycles. The Labute approximate surface area is 116 Å². The molecule has 8 nitrogen and oxygen atoms in total. The lowest BCUT2D eigenvalue weighted by Crippen LogP contribution is -2.11. The molecule has 8 heteroatoms. The summed E-state index contributed by atoms with van der Waals surface area (Å²) in [5.41, 5.74) is 1.84. The van der Waals surface area contributed by atoms with Crippen LogP contribution in [-0.2, 0) is 0 Å². The number of hydrogen-bond acceptors (Lipinski definition) is 6. The minimum Gasteiger partial charge on any atom is -0.354 e. The van der Waals surface area contributed by atoms with E-state index in [1.165, 1.54) is 6.33 Å². The fraction of sp³-hybridized carbons (Fsp3) is 0.417. The van der Waals surface area contributed by atoms with Crippen molar-refractivity contribution in [1.29, 1.82) is 0 Å². The van der Waals surface area contributed by atoms with Gasteiger partial charge in [-0.3, -0.25) is 14.7 Å². The van der Waals surface area contributed by atoms with Crippen LogP contribution >= 0.6 is 0 Å². The fourth-order valence-electron chi connectivity index (χ4n) is 1.88. The lowest BCUT2D eigenvalue weighted by atomic mass is 10.3. The molecule has 0 aliphatic carbocycles. The van der Waals surface area contributed by atoms with Crippen LogP contribution in [0.5, 0.6) is 0 Å². The van der Waals surface area contributed by atoms with E-state index < -0.39 is 4.92 Å². The smallest absolute Gasteiger partial charge is 0.333 e. The van der Waals surface area contributed by atoms with Crippen molar-refractivity contribution in [3.8, 4) is 5.82 Å². The molecular formula is C12H16N6O2. The number of aromatic nitrogens is 4. The lowest BCUT2D eigenvalue weighted by molar-refractivity contribution is -0.385. The second-order valence-electron chi connectivity index (χ2n) is 4.38. The average molecular weight is 276 g/mol. The highest BCUT2D eigenvalue weighted by molar-refractivity contribution is 5.54. The Kier molecular flexibility index (Phi) is 3.64. The SMILES string of the molecule is CCNc1nc(C)c([N+](=O)[O-])c(-n2cnc(C)c2C)n1. The van der Waals surface area contributed by atoms with Crippen molar-refractivity contribution in [2.24, 2.45) is 0 Å². The van der Waals surface area contributed by atoms with E-state index in [2.05, 4.69) is 20.3 Å². The first-order valence-electron chi connectivity index (χ1n) is 6.23. The Morgan fingerprint density at radius 1 is 1.30 bits per heavy atom. The molecule has 0 aromatic carbocycles. The predicted molar refractivity (Wildman–Crippen MR) is 74.2 cm³/mol. The number of nitrogens with one attached hydrogen (secondary N) is 1. The molecule has 20 heavy (non-hydrogen) atoms. The first-order valence-corrected chi connectivity index (χ1v) is 6.23. The van der Waals surface area contributed by atoms with Crippen molar-refractivity contribution in [2.45, 2.75) is 27.7 Å². The van der Waals surface area contributed by atoms with E-state index in [9.17, 15) is 10.1 Å².